The van der Waals surface area contributed by atoms with Gasteiger partial charge in [-0.25, -0.2) is 4.79 Å². The average molecular weight is 517 g/mol. The fraction of sp³-hybridized carbons (Fsp3) is 0.643. The number of primary amides is 1. The molecule has 4 amide bonds. The number of nitrogens with one attached hydrogen (secondary N) is 2. The molecule has 1 aromatic carbocycles. The maximum atomic E-state index is 13.9. The topological polar surface area (TPSA) is 131 Å². The van der Waals surface area contributed by atoms with Crippen LogP contribution in [0.5, 0.6) is 0 Å². The molecule has 0 radical (unpaired) electrons. The number of ether oxygens (including phenoxy) is 1. The van der Waals surface area contributed by atoms with Crippen LogP contribution in [-0.2, 0) is 19.1 Å². The molecule has 4 N–H and O–H groups in total. The lowest BCUT2D eigenvalue weighted by Crippen LogP contribution is -2.54. The maximum Gasteiger partial charge on any atom is 0.408 e. The summed E-state index contributed by atoms with van der Waals surface area (Å²) in [5.74, 6) is -1.29. The first kappa shape index (κ1) is 30.1. The van der Waals surface area contributed by atoms with Crippen molar-refractivity contribution >= 4 is 23.8 Å². The second-order valence-corrected chi connectivity index (χ2v) is 10.9. The van der Waals surface area contributed by atoms with Crippen molar-refractivity contribution in [2.24, 2.45) is 5.73 Å². The van der Waals surface area contributed by atoms with Gasteiger partial charge in [-0.15, -0.1) is 0 Å². The molecule has 0 spiro atoms. The van der Waals surface area contributed by atoms with Crippen LogP contribution < -0.4 is 16.4 Å². The van der Waals surface area contributed by atoms with Crippen LogP contribution in [0.1, 0.15) is 96.2 Å². The van der Waals surface area contributed by atoms with Gasteiger partial charge in [0.05, 0.1) is 0 Å². The van der Waals surface area contributed by atoms with Gasteiger partial charge in [0.1, 0.15) is 17.7 Å². The third-order valence-corrected chi connectivity index (χ3v) is 6.32. The first-order valence-electron chi connectivity index (χ1n) is 13.4. The smallest absolute Gasteiger partial charge is 0.408 e. The van der Waals surface area contributed by atoms with Gasteiger partial charge in [0.15, 0.2) is 0 Å². The second-order valence-electron chi connectivity index (χ2n) is 10.9. The Bertz CT molecular complexity index is 919. The Morgan fingerprint density at radius 3 is 2.24 bits per heavy atom. The summed E-state index contributed by atoms with van der Waals surface area (Å²) in [5.41, 5.74) is 6.31. The van der Waals surface area contributed by atoms with Crippen LogP contribution in [0.25, 0.3) is 0 Å². The minimum atomic E-state index is -1.08. The van der Waals surface area contributed by atoms with Gasteiger partial charge >= 0.3 is 6.09 Å². The van der Waals surface area contributed by atoms with Crippen molar-refractivity contribution in [3.8, 4) is 0 Å². The standard InChI is InChI=1S/C28H44N4O5/c1-6-18-32(26(35)22(16-17-23(29)33)31-27(36)37-28(3,4)5)24(20-14-12-19(2)13-15-20)25(34)30-21-10-8-7-9-11-21/h12-15,21-22,24H,6-11,16-18H2,1-5H3,(H2,29,33)(H,30,34)(H,31,36). The molecule has 2 atom stereocenters. The highest BCUT2D eigenvalue weighted by molar-refractivity contribution is 5.92. The molecule has 1 aliphatic carbocycles. The van der Waals surface area contributed by atoms with Gasteiger partial charge < -0.3 is 26.0 Å². The lowest BCUT2D eigenvalue weighted by molar-refractivity contribution is -0.143. The monoisotopic (exact) mass is 516 g/mol. The lowest BCUT2D eigenvalue weighted by atomic mass is 9.94. The fourth-order valence-corrected chi connectivity index (χ4v) is 4.55. The lowest BCUT2D eigenvalue weighted by Gasteiger charge is -2.35. The number of nitrogens with zero attached hydrogens (tertiary/aromatic N) is 1. The SMILES string of the molecule is CCCN(C(=O)C(CCC(N)=O)NC(=O)OC(C)(C)C)C(C(=O)NC1CCCCC1)c1ccc(C)cc1. The van der Waals surface area contributed by atoms with Crippen LogP contribution >= 0.6 is 0 Å². The van der Waals surface area contributed by atoms with Crippen molar-refractivity contribution in [1.29, 1.82) is 0 Å². The largest absolute Gasteiger partial charge is 0.444 e. The Morgan fingerprint density at radius 2 is 1.70 bits per heavy atom. The number of amides is 4. The van der Waals surface area contributed by atoms with Crippen molar-refractivity contribution in [1.82, 2.24) is 15.5 Å². The number of rotatable bonds is 11. The first-order chi connectivity index (χ1) is 17.4. The minimum Gasteiger partial charge on any atom is -0.444 e. The summed E-state index contributed by atoms with van der Waals surface area (Å²) in [7, 11) is 0. The molecule has 206 valence electrons. The van der Waals surface area contributed by atoms with E-state index in [1.54, 1.807) is 20.8 Å². The van der Waals surface area contributed by atoms with Crippen LogP contribution in [0.3, 0.4) is 0 Å². The van der Waals surface area contributed by atoms with Crippen LogP contribution in [-0.4, -0.2) is 52.9 Å². The number of carbonyl (C=O) groups is 4. The molecule has 0 aliphatic heterocycles. The molecule has 9 heteroatoms. The Hall–Kier alpha value is -3.10. The van der Waals surface area contributed by atoms with E-state index in [0.717, 1.165) is 37.7 Å². The molecule has 1 fully saturated rings. The van der Waals surface area contributed by atoms with Crippen LogP contribution in [0.15, 0.2) is 24.3 Å². The Balaban J connectivity index is 2.41. The van der Waals surface area contributed by atoms with Crippen molar-refractivity contribution in [2.75, 3.05) is 6.54 Å². The Kier molecular flexibility index (Phi) is 11.4. The van der Waals surface area contributed by atoms with Gasteiger partial charge in [-0.3, -0.25) is 14.4 Å². The van der Waals surface area contributed by atoms with E-state index in [9.17, 15) is 19.2 Å². The van der Waals surface area contributed by atoms with Crippen molar-refractivity contribution in [2.45, 2.75) is 110 Å². The molecule has 1 saturated carbocycles. The molecule has 0 heterocycles. The second kappa shape index (κ2) is 14.0. The predicted octanol–water partition coefficient (Wildman–Crippen LogP) is 3.88. The van der Waals surface area contributed by atoms with E-state index in [-0.39, 0.29) is 24.8 Å². The number of aryl methyl sites for hydroxylation is 1. The highest BCUT2D eigenvalue weighted by Gasteiger charge is 2.36. The van der Waals surface area contributed by atoms with Gasteiger partial charge in [-0.05, 0) is 58.9 Å². The molecule has 2 rings (SSSR count). The number of carbonyl (C=O) groups excluding carboxylic acids is 4. The quantitative estimate of drug-likeness (QED) is 0.411. The zero-order valence-corrected chi connectivity index (χ0v) is 23.0. The highest BCUT2D eigenvalue weighted by atomic mass is 16.6. The first-order valence-corrected chi connectivity index (χ1v) is 13.4. The molecule has 2 unspecified atom stereocenters. The van der Waals surface area contributed by atoms with Crippen LogP contribution in [0.2, 0.25) is 0 Å². The maximum absolute atomic E-state index is 13.9. The third kappa shape index (κ3) is 10.1. The summed E-state index contributed by atoms with van der Waals surface area (Å²) in [6.45, 7) is 9.34. The number of alkyl carbamates (subject to hydrolysis) is 1. The molecule has 37 heavy (non-hydrogen) atoms. The number of hydrogen-bond acceptors (Lipinski definition) is 5. The van der Waals surface area contributed by atoms with Crippen molar-refractivity contribution < 1.29 is 23.9 Å². The molecule has 9 nitrogen and oxygen atoms in total. The Labute approximate surface area is 220 Å². The zero-order chi connectivity index (χ0) is 27.6. The summed E-state index contributed by atoms with van der Waals surface area (Å²) >= 11 is 0. The van der Waals surface area contributed by atoms with Crippen molar-refractivity contribution in [3.63, 3.8) is 0 Å². The summed E-state index contributed by atoms with van der Waals surface area (Å²) in [6, 6.07) is 5.64. The van der Waals surface area contributed by atoms with Gasteiger partial charge in [-0.2, -0.15) is 0 Å². The predicted molar refractivity (Wildman–Crippen MR) is 143 cm³/mol. The van der Waals surface area contributed by atoms with E-state index in [2.05, 4.69) is 10.6 Å². The van der Waals surface area contributed by atoms with Crippen LogP contribution in [0.4, 0.5) is 4.79 Å². The highest BCUT2D eigenvalue weighted by Crippen LogP contribution is 2.26. The molecule has 1 aromatic rings. The van der Waals surface area contributed by atoms with E-state index in [1.807, 2.05) is 38.1 Å². The zero-order valence-electron chi connectivity index (χ0n) is 23.0. The molecule has 0 saturated heterocycles. The normalized spacial score (nSPS) is 15.8. The Morgan fingerprint density at radius 1 is 1.08 bits per heavy atom. The average Bonchev–Trinajstić information content (AvgIpc) is 2.81. The van der Waals surface area contributed by atoms with Gasteiger partial charge in [0.25, 0.3) is 0 Å². The van der Waals surface area contributed by atoms with E-state index in [4.69, 9.17) is 10.5 Å². The molecule has 1 aliphatic rings. The number of nitrogens with two attached hydrogens (primary N) is 1. The summed E-state index contributed by atoms with van der Waals surface area (Å²) in [5, 5.41) is 5.78. The summed E-state index contributed by atoms with van der Waals surface area (Å²) in [4.78, 5) is 53.3. The molecule has 0 aromatic heterocycles. The van der Waals surface area contributed by atoms with E-state index < -0.39 is 35.6 Å². The van der Waals surface area contributed by atoms with E-state index >= 15 is 0 Å². The number of hydrogen-bond donors (Lipinski definition) is 3. The third-order valence-electron chi connectivity index (χ3n) is 6.32. The van der Waals surface area contributed by atoms with Gasteiger partial charge in [0.2, 0.25) is 17.7 Å². The molecule has 0 bridgehead atoms. The van der Waals surface area contributed by atoms with Crippen molar-refractivity contribution in [3.05, 3.63) is 35.4 Å². The van der Waals surface area contributed by atoms with Gasteiger partial charge in [0, 0.05) is 19.0 Å². The van der Waals surface area contributed by atoms with E-state index in [1.165, 1.54) is 4.90 Å². The summed E-state index contributed by atoms with van der Waals surface area (Å²) < 4.78 is 5.35. The van der Waals surface area contributed by atoms with Crippen LogP contribution in [0, 0.1) is 6.92 Å². The molecular weight excluding hydrogens is 472 g/mol. The van der Waals surface area contributed by atoms with Gasteiger partial charge in [-0.1, -0.05) is 56.0 Å². The minimum absolute atomic E-state index is 0.00150. The number of benzene rings is 1. The van der Waals surface area contributed by atoms with E-state index in [0.29, 0.717) is 18.5 Å². The summed E-state index contributed by atoms with van der Waals surface area (Å²) in [6.07, 6.45) is 4.83. The fourth-order valence-electron chi connectivity index (χ4n) is 4.55. The molecular formula is C28H44N4O5.